The summed E-state index contributed by atoms with van der Waals surface area (Å²) in [7, 11) is 4.20. The van der Waals surface area contributed by atoms with E-state index in [0.717, 1.165) is 6.67 Å². The zero-order valence-electron chi connectivity index (χ0n) is 8.07. The lowest BCUT2D eigenvalue weighted by Gasteiger charge is -2.16. The minimum Gasteiger partial charge on any atom is -0.361 e. The normalized spacial score (nSPS) is 16.3. The molecular formula is C11H14N2. The molecule has 0 spiro atoms. The monoisotopic (exact) mass is 174 g/mol. The Morgan fingerprint density at radius 1 is 1.08 bits per heavy atom. The second-order valence-electron chi connectivity index (χ2n) is 3.48. The summed E-state index contributed by atoms with van der Waals surface area (Å²) in [6.07, 6.45) is 2.18. The quantitative estimate of drug-likeness (QED) is 0.640. The van der Waals surface area contributed by atoms with E-state index in [4.69, 9.17) is 0 Å². The van der Waals surface area contributed by atoms with Crippen molar-refractivity contribution >= 4 is 5.70 Å². The highest BCUT2D eigenvalue weighted by Crippen LogP contribution is 2.22. The molecule has 0 aromatic heterocycles. The zero-order chi connectivity index (χ0) is 9.26. The van der Waals surface area contributed by atoms with Crippen LogP contribution in [0, 0.1) is 0 Å². The van der Waals surface area contributed by atoms with E-state index in [0.29, 0.717) is 0 Å². The van der Waals surface area contributed by atoms with Crippen LogP contribution in [-0.4, -0.2) is 30.6 Å². The van der Waals surface area contributed by atoms with Crippen LogP contribution >= 0.6 is 0 Å². The van der Waals surface area contributed by atoms with E-state index in [1.165, 1.54) is 11.3 Å². The molecule has 0 fully saturated rings. The SMILES string of the molecule is CN1C=C(c2ccccc2)N(C)C1. The van der Waals surface area contributed by atoms with E-state index in [1.807, 2.05) is 6.07 Å². The van der Waals surface area contributed by atoms with Gasteiger partial charge in [-0.1, -0.05) is 30.3 Å². The molecule has 2 rings (SSSR count). The molecule has 0 saturated heterocycles. The predicted molar refractivity (Wildman–Crippen MR) is 54.8 cm³/mol. The first kappa shape index (κ1) is 8.17. The fourth-order valence-corrected chi connectivity index (χ4v) is 1.66. The van der Waals surface area contributed by atoms with Gasteiger partial charge in [-0.15, -0.1) is 0 Å². The van der Waals surface area contributed by atoms with Gasteiger partial charge in [0.15, 0.2) is 0 Å². The van der Waals surface area contributed by atoms with Crippen LogP contribution in [-0.2, 0) is 0 Å². The molecule has 1 heterocycles. The van der Waals surface area contributed by atoms with Crippen LogP contribution in [0.1, 0.15) is 5.56 Å². The van der Waals surface area contributed by atoms with Gasteiger partial charge < -0.3 is 9.80 Å². The summed E-state index contributed by atoms with van der Waals surface area (Å²) in [6, 6.07) is 10.5. The molecule has 0 amide bonds. The van der Waals surface area contributed by atoms with Crippen molar-refractivity contribution in [2.45, 2.75) is 0 Å². The van der Waals surface area contributed by atoms with Gasteiger partial charge in [-0.2, -0.15) is 0 Å². The second-order valence-corrected chi connectivity index (χ2v) is 3.48. The van der Waals surface area contributed by atoms with E-state index >= 15 is 0 Å². The fraction of sp³-hybridized carbons (Fsp3) is 0.273. The van der Waals surface area contributed by atoms with Gasteiger partial charge in [0.1, 0.15) is 0 Å². The highest BCUT2D eigenvalue weighted by atomic mass is 15.3. The smallest absolute Gasteiger partial charge is 0.0893 e. The van der Waals surface area contributed by atoms with Crippen LogP contribution in [0.5, 0.6) is 0 Å². The maximum atomic E-state index is 2.25. The zero-order valence-corrected chi connectivity index (χ0v) is 8.07. The van der Waals surface area contributed by atoms with Gasteiger partial charge in [-0.3, -0.25) is 0 Å². The van der Waals surface area contributed by atoms with E-state index in [1.54, 1.807) is 0 Å². The summed E-state index contributed by atoms with van der Waals surface area (Å²) in [5, 5.41) is 0. The summed E-state index contributed by atoms with van der Waals surface area (Å²) in [5.41, 5.74) is 2.58. The van der Waals surface area contributed by atoms with E-state index in [2.05, 4.69) is 54.4 Å². The van der Waals surface area contributed by atoms with E-state index in [9.17, 15) is 0 Å². The average molecular weight is 174 g/mol. The van der Waals surface area contributed by atoms with Crippen molar-refractivity contribution in [2.75, 3.05) is 20.8 Å². The van der Waals surface area contributed by atoms with E-state index in [-0.39, 0.29) is 0 Å². The molecule has 0 unspecified atom stereocenters. The van der Waals surface area contributed by atoms with Gasteiger partial charge in [0.25, 0.3) is 0 Å². The molecule has 0 bridgehead atoms. The second kappa shape index (κ2) is 3.13. The molecule has 1 aromatic carbocycles. The molecule has 0 radical (unpaired) electrons. The largest absolute Gasteiger partial charge is 0.361 e. The number of hydrogen-bond donors (Lipinski definition) is 0. The summed E-state index contributed by atoms with van der Waals surface area (Å²) >= 11 is 0. The molecular weight excluding hydrogens is 160 g/mol. The molecule has 0 aliphatic carbocycles. The number of nitrogens with zero attached hydrogens (tertiary/aromatic N) is 2. The van der Waals surface area contributed by atoms with Crippen LogP contribution in [0.25, 0.3) is 5.70 Å². The molecule has 0 saturated carbocycles. The van der Waals surface area contributed by atoms with Crippen molar-refractivity contribution in [3.8, 4) is 0 Å². The minimum absolute atomic E-state index is 0.976. The van der Waals surface area contributed by atoms with Crippen molar-refractivity contribution < 1.29 is 0 Å². The van der Waals surface area contributed by atoms with Crippen LogP contribution < -0.4 is 0 Å². The Kier molecular flexibility index (Phi) is 1.97. The summed E-state index contributed by atoms with van der Waals surface area (Å²) in [5.74, 6) is 0. The van der Waals surface area contributed by atoms with E-state index < -0.39 is 0 Å². The Morgan fingerprint density at radius 2 is 1.77 bits per heavy atom. The van der Waals surface area contributed by atoms with Crippen molar-refractivity contribution in [1.82, 2.24) is 9.80 Å². The Balaban J connectivity index is 2.32. The van der Waals surface area contributed by atoms with Crippen LogP contribution in [0.2, 0.25) is 0 Å². The molecule has 1 aliphatic heterocycles. The number of rotatable bonds is 1. The van der Waals surface area contributed by atoms with Gasteiger partial charge in [-0.05, 0) is 5.56 Å². The van der Waals surface area contributed by atoms with Crippen molar-refractivity contribution in [3.63, 3.8) is 0 Å². The Morgan fingerprint density at radius 3 is 2.31 bits per heavy atom. The Hall–Kier alpha value is -1.44. The lowest BCUT2D eigenvalue weighted by molar-refractivity contribution is 0.347. The Labute approximate surface area is 79.1 Å². The van der Waals surface area contributed by atoms with Crippen LogP contribution in [0.15, 0.2) is 36.5 Å². The highest BCUT2D eigenvalue weighted by Gasteiger charge is 2.14. The average Bonchev–Trinajstić information content (AvgIpc) is 2.47. The van der Waals surface area contributed by atoms with Gasteiger partial charge in [0.2, 0.25) is 0 Å². The van der Waals surface area contributed by atoms with Crippen molar-refractivity contribution in [1.29, 1.82) is 0 Å². The lowest BCUT2D eigenvalue weighted by Crippen LogP contribution is -2.19. The predicted octanol–water partition coefficient (Wildman–Crippen LogP) is 1.82. The topological polar surface area (TPSA) is 6.48 Å². The maximum absolute atomic E-state index is 2.25. The minimum atomic E-state index is 0.976. The molecule has 0 atom stereocenters. The molecule has 2 heteroatoms. The van der Waals surface area contributed by atoms with Crippen molar-refractivity contribution in [2.24, 2.45) is 0 Å². The third-order valence-electron chi connectivity index (χ3n) is 2.26. The first-order valence-corrected chi connectivity index (χ1v) is 4.46. The van der Waals surface area contributed by atoms with Gasteiger partial charge in [-0.25, -0.2) is 0 Å². The molecule has 1 aliphatic rings. The lowest BCUT2D eigenvalue weighted by atomic mass is 10.2. The standard InChI is InChI=1S/C11H14N2/c1-12-8-11(13(2)9-12)10-6-4-3-5-7-10/h3-8H,9H2,1-2H3. The fourth-order valence-electron chi connectivity index (χ4n) is 1.66. The summed E-state index contributed by atoms with van der Waals surface area (Å²) < 4.78 is 0. The van der Waals surface area contributed by atoms with Gasteiger partial charge in [0, 0.05) is 20.3 Å². The third-order valence-corrected chi connectivity index (χ3v) is 2.26. The first-order valence-electron chi connectivity index (χ1n) is 4.46. The van der Waals surface area contributed by atoms with Gasteiger partial charge >= 0.3 is 0 Å². The molecule has 0 N–H and O–H groups in total. The summed E-state index contributed by atoms with van der Waals surface area (Å²) in [4.78, 5) is 4.43. The van der Waals surface area contributed by atoms with Crippen LogP contribution in [0.4, 0.5) is 0 Å². The first-order chi connectivity index (χ1) is 6.27. The number of benzene rings is 1. The van der Waals surface area contributed by atoms with Crippen LogP contribution in [0.3, 0.4) is 0 Å². The summed E-state index contributed by atoms with van der Waals surface area (Å²) in [6.45, 7) is 0.976. The number of hydrogen-bond acceptors (Lipinski definition) is 2. The third kappa shape index (κ3) is 1.52. The molecule has 1 aromatic rings. The molecule has 68 valence electrons. The molecule has 2 nitrogen and oxygen atoms in total. The highest BCUT2D eigenvalue weighted by molar-refractivity contribution is 5.64. The molecule has 13 heavy (non-hydrogen) atoms. The Bertz CT molecular complexity index is 316. The maximum Gasteiger partial charge on any atom is 0.0893 e. The van der Waals surface area contributed by atoms with Gasteiger partial charge in [0.05, 0.1) is 12.4 Å². The van der Waals surface area contributed by atoms with Crippen molar-refractivity contribution in [3.05, 3.63) is 42.1 Å².